The molecule has 4 unspecified atom stereocenters. The van der Waals surface area contributed by atoms with Gasteiger partial charge in [0, 0.05) is 5.41 Å². The van der Waals surface area contributed by atoms with Crippen LogP contribution in [0.2, 0.25) is 0 Å². The van der Waals surface area contributed by atoms with E-state index < -0.39 is 24.2 Å². The van der Waals surface area contributed by atoms with Gasteiger partial charge >= 0.3 is 48.0 Å². The van der Waals surface area contributed by atoms with E-state index in [2.05, 4.69) is 46.3 Å². The van der Waals surface area contributed by atoms with Crippen molar-refractivity contribution in [1.82, 2.24) is 0 Å². The van der Waals surface area contributed by atoms with Crippen molar-refractivity contribution < 1.29 is 79.9 Å². The molecule has 3 aliphatic rings. The highest BCUT2D eigenvalue weighted by Crippen LogP contribution is 2.66. The average molecular weight is 1390 g/mol. The van der Waals surface area contributed by atoms with Crippen LogP contribution in [0.25, 0.3) is 0 Å². The maximum Gasteiger partial charge on any atom is 0.422 e. The van der Waals surface area contributed by atoms with Gasteiger partial charge in [0.1, 0.15) is 12.2 Å². The number of rotatable bonds is 30. The summed E-state index contributed by atoms with van der Waals surface area (Å²) in [7, 11) is 0. The Bertz CT molecular complexity index is 2180. The SMILES string of the molecule is CCC(C)(C)C(=O)OC1CC2CCC1(C)C2(C)C.CCC(C)(C)C(=O)OC1CCCCC1.CCC(C)(C)C(=O)OCC(C)C.CCC(C)(C)C(=O)OCC(C)C.CCC(C)(C)C(=O)OCC(F)(F)F.CCCCC(CC)COC(=O)C(C)(C)CC.CCCCOC(=O)C(C)(C)CC. The first-order chi connectivity index (χ1) is 44.2. The maximum atomic E-state index is 12.3. The molecule has 0 radical (unpaired) electrons. The highest BCUT2D eigenvalue weighted by molar-refractivity contribution is 5.78. The molecule has 0 heterocycles. The van der Waals surface area contributed by atoms with Gasteiger partial charge in [0.25, 0.3) is 0 Å². The summed E-state index contributed by atoms with van der Waals surface area (Å²) in [5.41, 5.74) is -2.29. The van der Waals surface area contributed by atoms with Gasteiger partial charge < -0.3 is 33.2 Å². The lowest BCUT2D eigenvalue weighted by Gasteiger charge is -2.39. The number of carbonyl (C=O) groups excluding carboxylic acids is 7. The van der Waals surface area contributed by atoms with Crippen molar-refractivity contribution in [1.29, 1.82) is 0 Å². The molecular weight excluding hydrogens is 1240 g/mol. The largest absolute Gasteiger partial charge is 0.465 e. The smallest absolute Gasteiger partial charge is 0.422 e. The van der Waals surface area contributed by atoms with E-state index >= 15 is 0 Å². The van der Waals surface area contributed by atoms with Crippen molar-refractivity contribution in [3.63, 3.8) is 0 Å². The molecule has 97 heavy (non-hydrogen) atoms. The predicted molar refractivity (Wildman–Crippen MR) is 389 cm³/mol. The van der Waals surface area contributed by atoms with Crippen LogP contribution in [0.5, 0.6) is 0 Å². The van der Waals surface area contributed by atoms with Crippen molar-refractivity contribution in [3.05, 3.63) is 0 Å². The fourth-order valence-corrected chi connectivity index (χ4v) is 9.11. The summed E-state index contributed by atoms with van der Waals surface area (Å²) in [6, 6.07) is 0. The van der Waals surface area contributed by atoms with Gasteiger partial charge in [-0.15, -0.1) is 0 Å². The van der Waals surface area contributed by atoms with Crippen LogP contribution in [0, 0.1) is 72.4 Å². The van der Waals surface area contributed by atoms with E-state index in [9.17, 15) is 46.7 Å². The topological polar surface area (TPSA) is 184 Å². The Balaban J connectivity index is -0.000000523. The van der Waals surface area contributed by atoms with Gasteiger partial charge in [0.2, 0.25) is 0 Å². The van der Waals surface area contributed by atoms with Crippen molar-refractivity contribution in [2.75, 3.05) is 33.0 Å². The first kappa shape index (κ1) is 99.5. The van der Waals surface area contributed by atoms with E-state index in [0.717, 1.165) is 83.0 Å². The quantitative estimate of drug-likeness (QED) is 0.0376. The number of fused-ring (bicyclic) bond motifs is 2. The first-order valence-corrected chi connectivity index (χ1v) is 37.6. The van der Waals surface area contributed by atoms with E-state index in [-0.39, 0.29) is 85.9 Å². The Hall–Kier alpha value is -3.92. The summed E-state index contributed by atoms with van der Waals surface area (Å²) in [5.74, 6) is 0.962. The molecule has 0 saturated heterocycles. The Morgan fingerprint density at radius 3 is 1.05 bits per heavy atom. The molecule has 14 nitrogen and oxygen atoms in total. The Labute approximate surface area is 592 Å². The van der Waals surface area contributed by atoms with E-state index in [1.54, 1.807) is 20.8 Å². The second-order valence-electron chi connectivity index (χ2n) is 33.5. The zero-order chi connectivity index (χ0) is 76.8. The van der Waals surface area contributed by atoms with Crippen LogP contribution in [0.3, 0.4) is 0 Å². The lowest BCUT2D eigenvalue weighted by atomic mass is 9.70. The number of alkyl halides is 3. The molecule has 17 heteroatoms. The van der Waals surface area contributed by atoms with Gasteiger partial charge in [0.05, 0.1) is 64.3 Å². The van der Waals surface area contributed by atoms with Gasteiger partial charge in [-0.3, -0.25) is 33.6 Å². The second kappa shape index (κ2) is 46.6. The predicted octanol–water partition coefficient (Wildman–Crippen LogP) is 22.2. The number of halogens is 3. The summed E-state index contributed by atoms with van der Waals surface area (Å²) in [6.45, 7) is 62.5. The van der Waals surface area contributed by atoms with Gasteiger partial charge in [-0.25, -0.2) is 0 Å². The summed E-state index contributed by atoms with van der Waals surface area (Å²) in [5, 5.41) is 0. The number of hydrogen-bond acceptors (Lipinski definition) is 14. The minimum absolute atomic E-state index is 0.0143. The van der Waals surface area contributed by atoms with Gasteiger partial charge in [0.15, 0.2) is 6.61 Å². The van der Waals surface area contributed by atoms with Crippen molar-refractivity contribution in [2.45, 2.75) is 368 Å². The second-order valence-corrected chi connectivity index (χ2v) is 33.5. The number of unbranched alkanes of at least 4 members (excludes halogenated alkanes) is 2. The molecule has 0 N–H and O–H groups in total. The Morgan fingerprint density at radius 2 is 0.753 bits per heavy atom. The minimum atomic E-state index is -4.44. The molecule has 3 fully saturated rings. The normalized spacial score (nSPS) is 18.1. The fraction of sp³-hybridized carbons (Fsp3) is 0.912. The van der Waals surface area contributed by atoms with E-state index in [1.165, 1.54) is 51.4 Å². The van der Waals surface area contributed by atoms with Crippen LogP contribution in [0.4, 0.5) is 13.2 Å². The standard InChI is InChI=1S/C16H28O2.C14H28O2.C12H22O2.3C10H20O2.C8H13F3O2/c1-7-14(2,3)13(17)18-12-10-11-8-9-16(12,6)15(11,4)5;1-6-9-10-12(7-2)11-16-13(15)14(4,5)8-3;1-4-12(2,3)11(13)14-10-8-6-5-7-9-10;2*1-6-10(4,5)9(11)12-7-8(2)3;1-5-7-8-12-9(11)10(3,4)6-2;1-4-7(2,3)6(12)13-5-8(9,10)11/h11-12H,7-10H2,1-6H3;12H,6-11H2,1-5H3;10H,4-9H2,1-3H3;2*8H,6-7H2,1-5H3;5-8H2,1-4H3;4-5H2,1-3H3. The van der Waals surface area contributed by atoms with Crippen LogP contribution < -0.4 is 0 Å². The molecule has 0 aromatic heterocycles. The zero-order valence-electron chi connectivity index (χ0n) is 68.2. The number of carbonyl (C=O) groups is 7. The molecule has 0 aromatic rings. The third-order valence-corrected chi connectivity index (χ3v) is 21.0. The molecule has 3 aliphatic carbocycles. The number of esters is 7. The van der Waals surface area contributed by atoms with Gasteiger partial charge in [-0.05, 0) is 229 Å². The minimum Gasteiger partial charge on any atom is -0.465 e. The van der Waals surface area contributed by atoms with Gasteiger partial charge in [-0.1, -0.05) is 150 Å². The van der Waals surface area contributed by atoms with Crippen LogP contribution in [-0.2, 0) is 66.7 Å². The van der Waals surface area contributed by atoms with Crippen LogP contribution in [-0.4, -0.2) is 93.2 Å². The third kappa shape index (κ3) is 39.2. The molecule has 3 saturated carbocycles. The highest BCUT2D eigenvalue weighted by Gasteiger charge is 2.63. The molecule has 0 aliphatic heterocycles. The summed E-state index contributed by atoms with van der Waals surface area (Å²) in [6.07, 6.45) is 17.5. The Kier molecular flexibility index (Phi) is 47.7. The fourth-order valence-electron chi connectivity index (χ4n) is 9.11. The number of hydrogen-bond donors (Lipinski definition) is 0. The molecule has 576 valence electrons. The van der Waals surface area contributed by atoms with Crippen LogP contribution >= 0.6 is 0 Å². The summed E-state index contributed by atoms with van der Waals surface area (Å²) in [4.78, 5) is 80.9. The average Bonchev–Trinajstić information content (AvgIpc) is 1.56. The number of ether oxygens (including phenoxy) is 7. The molecule has 0 spiro atoms. The molecule has 2 bridgehead atoms. The van der Waals surface area contributed by atoms with Gasteiger partial charge in [-0.2, -0.15) is 13.2 Å². The molecule has 0 aromatic carbocycles. The van der Waals surface area contributed by atoms with Crippen molar-refractivity contribution in [3.8, 4) is 0 Å². The highest BCUT2D eigenvalue weighted by atomic mass is 19.4. The zero-order valence-corrected chi connectivity index (χ0v) is 68.2. The molecule has 0 amide bonds. The lowest BCUT2D eigenvalue weighted by Crippen LogP contribution is -2.40. The molecular formula is C80H151F3O14. The van der Waals surface area contributed by atoms with Crippen LogP contribution in [0.15, 0.2) is 0 Å². The molecule has 4 atom stereocenters. The third-order valence-electron chi connectivity index (χ3n) is 21.0. The summed E-state index contributed by atoms with van der Waals surface area (Å²) >= 11 is 0. The lowest BCUT2D eigenvalue weighted by molar-refractivity contribution is -0.192. The van der Waals surface area contributed by atoms with Crippen molar-refractivity contribution >= 4 is 41.8 Å². The monoisotopic (exact) mass is 1390 g/mol. The van der Waals surface area contributed by atoms with E-state index in [4.69, 9.17) is 28.4 Å². The maximum absolute atomic E-state index is 12.3. The van der Waals surface area contributed by atoms with Crippen LogP contribution in [0.1, 0.15) is 349 Å². The Morgan fingerprint density at radius 1 is 0.423 bits per heavy atom. The van der Waals surface area contributed by atoms with E-state index in [0.29, 0.717) is 56.0 Å². The molecule has 3 rings (SSSR count). The summed E-state index contributed by atoms with van der Waals surface area (Å²) < 4.78 is 71.1. The van der Waals surface area contributed by atoms with Crippen molar-refractivity contribution in [2.24, 2.45) is 72.4 Å². The first-order valence-electron chi connectivity index (χ1n) is 37.6. The van der Waals surface area contributed by atoms with E-state index in [1.807, 2.05) is 152 Å².